The molecule has 2 N–H and O–H groups in total. The Kier molecular flexibility index (Phi) is 9.94. The second-order valence-corrected chi connectivity index (χ2v) is 7.73. The number of hydrogen-bond donors (Lipinski definition) is 2. The van der Waals surface area contributed by atoms with Crippen molar-refractivity contribution in [2.45, 2.75) is 52.5 Å². The third kappa shape index (κ3) is 6.90. The van der Waals surface area contributed by atoms with Gasteiger partial charge in [-0.2, -0.15) is 0 Å². The van der Waals surface area contributed by atoms with E-state index in [1.165, 1.54) is 32.8 Å². The summed E-state index contributed by atoms with van der Waals surface area (Å²) in [5.41, 5.74) is 1.66. The molecule has 1 aromatic rings. The minimum Gasteiger partial charge on any atom is -0.496 e. The molecule has 7 heteroatoms. The number of nitrogens with one attached hydrogen (secondary N) is 2. The number of guanidine groups is 1. The topological polar surface area (TPSA) is 81.2 Å². The summed E-state index contributed by atoms with van der Waals surface area (Å²) in [7, 11) is 2.91. The van der Waals surface area contributed by atoms with Gasteiger partial charge < -0.3 is 24.8 Å². The van der Waals surface area contributed by atoms with Crippen LogP contribution in [0.5, 0.6) is 5.75 Å². The van der Waals surface area contributed by atoms with Crippen molar-refractivity contribution in [1.29, 1.82) is 0 Å². The molecule has 0 radical (unpaired) electrons. The quantitative estimate of drug-likeness (QED) is 0.247. The second-order valence-electron chi connectivity index (χ2n) is 7.73. The van der Waals surface area contributed by atoms with Gasteiger partial charge in [-0.25, -0.2) is 9.79 Å². The van der Waals surface area contributed by atoms with Gasteiger partial charge in [-0.15, -0.1) is 0 Å². The molecule has 1 saturated carbocycles. The van der Waals surface area contributed by atoms with Crippen molar-refractivity contribution in [3.05, 3.63) is 29.3 Å². The lowest BCUT2D eigenvalue weighted by molar-refractivity contribution is 0.0597. The Morgan fingerprint density at radius 1 is 1.17 bits per heavy atom. The standard InChI is InChI=1S/C23H37N3O4/c1-5-24-22(26-17-23(11-7-8-12-23)13-14-30-6-2)25-16-18-9-10-19(21(27)29-4)20(15-18)28-3/h9-10,15H,5-8,11-14,16-17H2,1-4H3,(H2,24,25,26). The number of benzene rings is 1. The Morgan fingerprint density at radius 3 is 2.57 bits per heavy atom. The maximum absolute atomic E-state index is 11.8. The summed E-state index contributed by atoms with van der Waals surface area (Å²) in [6.45, 7) is 7.87. The first-order chi connectivity index (χ1) is 14.6. The lowest BCUT2D eigenvalue weighted by Crippen LogP contribution is -2.43. The molecule has 0 unspecified atom stereocenters. The van der Waals surface area contributed by atoms with Gasteiger partial charge in [0.05, 0.1) is 20.8 Å². The predicted octanol–water partition coefficient (Wildman–Crippen LogP) is 3.52. The van der Waals surface area contributed by atoms with Crippen LogP contribution in [0.25, 0.3) is 0 Å². The van der Waals surface area contributed by atoms with Crippen molar-refractivity contribution in [3.8, 4) is 5.75 Å². The van der Waals surface area contributed by atoms with Gasteiger partial charge in [-0.05, 0) is 56.2 Å². The van der Waals surface area contributed by atoms with Gasteiger partial charge in [0.15, 0.2) is 5.96 Å². The molecule has 0 aromatic heterocycles. The van der Waals surface area contributed by atoms with Crippen LogP contribution in [0.15, 0.2) is 23.2 Å². The van der Waals surface area contributed by atoms with E-state index in [0.717, 1.165) is 44.2 Å². The lowest BCUT2D eigenvalue weighted by atomic mass is 9.83. The van der Waals surface area contributed by atoms with Crippen molar-refractivity contribution in [2.75, 3.05) is 40.5 Å². The monoisotopic (exact) mass is 419 g/mol. The van der Waals surface area contributed by atoms with Crippen LogP contribution in [0, 0.1) is 5.41 Å². The van der Waals surface area contributed by atoms with Crippen LogP contribution >= 0.6 is 0 Å². The van der Waals surface area contributed by atoms with Gasteiger partial charge in [0, 0.05) is 26.3 Å². The zero-order valence-electron chi connectivity index (χ0n) is 18.9. The molecule has 1 aliphatic rings. The molecule has 30 heavy (non-hydrogen) atoms. The third-order valence-corrected chi connectivity index (χ3v) is 5.71. The fourth-order valence-corrected chi connectivity index (χ4v) is 3.97. The molecule has 0 spiro atoms. The van der Waals surface area contributed by atoms with E-state index in [0.29, 0.717) is 17.9 Å². The Morgan fingerprint density at radius 2 is 1.93 bits per heavy atom. The Hall–Kier alpha value is -2.28. The Labute approximate surface area is 180 Å². The summed E-state index contributed by atoms with van der Waals surface area (Å²) in [5, 5.41) is 6.88. The van der Waals surface area contributed by atoms with Crippen LogP contribution < -0.4 is 15.4 Å². The van der Waals surface area contributed by atoms with Crippen molar-refractivity contribution < 1.29 is 19.0 Å². The molecule has 168 valence electrons. The number of nitrogens with zero attached hydrogens (tertiary/aromatic N) is 1. The number of carbonyl (C=O) groups is 1. The SMILES string of the molecule is CCNC(=NCc1ccc(C(=O)OC)c(OC)c1)NCC1(CCOCC)CCCC1. The molecule has 0 aliphatic heterocycles. The fourth-order valence-electron chi connectivity index (χ4n) is 3.97. The van der Waals surface area contributed by atoms with E-state index in [4.69, 9.17) is 19.2 Å². The van der Waals surface area contributed by atoms with Gasteiger partial charge in [-0.1, -0.05) is 18.9 Å². The zero-order chi connectivity index (χ0) is 21.8. The smallest absolute Gasteiger partial charge is 0.341 e. The summed E-state index contributed by atoms with van der Waals surface area (Å²) >= 11 is 0. The Balaban J connectivity index is 2.04. The lowest BCUT2D eigenvalue weighted by Gasteiger charge is -2.30. The molecule has 1 fully saturated rings. The molecule has 0 atom stereocenters. The van der Waals surface area contributed by atoms with Crippen LogP contribution in [0.2, 0.25) is 0 Å². The van der Waals surface area contributed by atoms with Gasteiger partial charge in [0.2, 0.25) is 0 Å². The van der Waals surface area contributed by atoms with E-state index in [9.17, 15) is 4.79 Å². The molecule has 0 heterocycles. The average Bonchev–Trinajstić information content (AvgIpc) is 3.24. The molecular formula is C23H37N3O4. The highest BCUT2D eigenvalue weighted by Crippen LogP contribution is 2.40. The van der Waals surface area contributed by atoms with Crippen molar-refractivity contribution in [3.63, 3.8) is 0 Å². The first kappa shape index (κ1) is 24.0. The first-order valence-electron chi connectivity index (χ1n) is 10.9. The van der Waals surface area contributed by atoms with E-state index in [1.54, 1.807) is 13.2 Å². The van der Waals surface area contributed by atoms with Crippen molar-refractivity contribution in [2.24, 2.45) is 10.4 Å². The van der Waals surface area contributed by atoms with E-state index in [2.05, 4.69) is 17.6 Å². The van der Waals surface area contributed by atoms with Gasteiger partial charge >= 0.3 is 5.97 Å². The minimum atomic E-state index is -0.411. The molecule has 0 saturated heterocycles. The van der Waals surface area contributed by atoms with E-state index >= 15 is 0 Å². The van der Waals surface area contributed by atoms with Crippen LogP contribution in [0.4, 0.5) is 0 Å². The molecule has 1 aliphatic carbocycles. The second kappa shape index (κ2) is 12.4. The van der Waals surface area contributed by atoms with Gasteiger partial charge in [0.1, 0.15) is 11.3 Å². The van der Waals surface area contributed by atoms with Crippen LogP contribution in [-0.4, -0.2) is 52.5 Å². The fraction of sp³-hybridized carbons (Fsp3) is 0.652. The van der Waals surface area contributed by atoms with Crippen LogP contribution in [-0.2, 0) is 16.0 Å². The normalized spacial score (nSPS) is 15.7. The van der Waals surface area contributed by atoms with Gasteiger partial charge in [0.25, 0.3) is 0 Å². The van der Waals surface area contributed by atoms with E-state index < -0.39 is 5.97 Å². The predicted molar refractivity (Wildman–Crippen MR) is 119 cm³/mol. The number of carbonyl (C=O) groups excluding carboxylic acids is 1. The van der Waals surface area contributed by atoms with Crippen LogP contribution in [0.3, 0.4) is 0 Å². The molecule has 1 aromatic carbocycles. The number of methoxy groups -OCH3 is 2. The number of ether oxygens (including phenoxy) is 3. The zero-order valence-corrected chi connectivity index (χ0v) is 18.9. The van der Waals surface area contributed by atoms with Crippen molar-refractivity contribution >= 4 is 11.9 Å². The summed E-state index contributed by atoms with van der Waals surface area (Å²) in [6, 6.07) is 5.43. The average molecular weight is 420 g/mol. The van der Waals surface area contributed by atoms with Crippen LogP contribution in [0.1, 0.15) is 61.9 Å². The van der Waals surface area contributed by atoms with Gasteiger partial charge in [-0.3, -0.25) is 0 Å². The summed E-state index contributed by atoms with van der Waals surface area (Å²) in [6.07, 6.45) is 6.12. The number of hydrogen-bond acceptors (Lipinski definition) is 5. The number of esters is 1. The van der Waals surface area contributed by atoms with Crippen molar-refractivity contribution in [1.82, 2.24) is 10.6 Å². The highest BCUT2D eigenvalue weighted by molar-refractivity contribution is 5.92. The number of aliphatic imine (C=N–C) groups is 1. The Bertz CT molecular complexity index is 700. The minimum absolute atomic E-state index is 0.288. The van der Waals surface area contributed by atoms with E-state index in [1.807, 2.05) is 19.1 Å². The highest BCUT2D eigenvalue weighted by atomic mass is 16.5. The molecule has 0 amide bonds. The molecule has 0 bridgehead atoms. The number of rotatable bonds is 11. The largest absolute Gasteiger partial charge is 0.496 e. The molecular weight excluding hydrogens is 382 g/mol. The summed E-state index contributed by atoms with van der Waals surface area (Å²) in [4.78, 5) is 16.6. The van der Waals surface area contributed by atoms with E-state index in [-0.39, 0.29) is 5.41 Å². The molecule has 7 nitrogen and oxygen atoms in total. The third-order valence-electron chi connectivity index (χ3n) is 5.71. The summed E-state index contributed by atoms with van der Waals surface area (Å²) in [5.74, 6) is 0.885. The molecule has 2 rings (SSSR count). The first-order valence-corrected chi connectivity index (χ1v) is 10.9. The maximum atomic E-state index is 11.8. The highest BCUT2D eigenvalue weighted by Gasteiger charge is 2.33. The maximum Gasteiger partial charge on any atom is 0.341 e. The summed E-state index contributed by atoms with van der Waals surface area (Å²) < 4.78 is 15.8.